The van der Waals surface area contributed by atoms with Gasteiger partial charge in [0.1, 0.15) is 12.3 Å². The molecule has 0 aliphatic rings. The van der Waals surface area contributed by atoms with E-state index in [4.69, 9.17) is 4.74 Å². The van der Waals surface area contributed by atoms with Crippen LogP contribution < -0.4 is 4.74 Å². The van der Waals surface area contributed by atoms with Crippen LogP contribution in [0.25, 0.3) is 10.9 Å². The predicted molar refractivity (Wildman–Crippen MR) is 86.4 cm³/mol. The summed E-state index contributed by atoms with van der Waals surface area (Å²) < 4.78 is 7.31. The standard InChI is InChI=1S/C17H22N2O3/c1-4-18(5-2)17(21)11-19-10-13(12-20)15-9-14(22-6-3)7-8-16(15)19/h7-10,12H,4-6,11H2,1-3H3. The van der Waals surface area contributed by atoms with E-state index in [1.54, 1.807) is 11.1 Å². The van der Waals surface area contributed by atoms with Crippen molar-refractivity contribution in [2.24, 2.45) is 0 Å². The number of likely N-dealkylation sites (N-methyl/N-ethyl adjacent to an activating group) is 1. The lowest BCUT2D eigenvalue weighted by atomic mass is 10.2. The molecule has 1 heterocycles. The molecule has 0 saturated carbocycles. The van der Waals surface area contributed by atoms with E-state index in [0.29, 0.717) is 25.3 Å². The Balaban J connectivity index is 2.38. The van der Waals surface area contributed by atoms with Gasteiger partial charge in [0.2, 0.25) is 5.91 Å². The second-order valence-corrected chi connectivity index (χ2v) is 5.01. The van der Waals surface area contributed by atoms with Gasteiger partial charge in [0.05, 0.1) is 6.61 Å². The molecule has 0 atom stereocenters. The summed E-state index contributed by atoms with van der Waals surface area (Å²) in [4.78, 5) is 25.3. The molecule has 1 amide bonds. The fourth-order valence-corrected chi connectivity index (χ4v) is 2.61. The van der Waals surface area contributed by atoms with Crippen molar-refractivity contribution in [1.29, 1.82) is 0 Å². The number of amides is 1. The third-order valence-electron chi connectivity index (χ3n) is 3.74. The van der Waals surface area contributed by atoms with Crippen LogP contribution in [0.5, 0.6) is 5.75 Å². The first-order valence-electron chi connectivity index (χ1n) is 7.63. The molecule has 0 spiro atoms. The Morgan fingerprint density at radius 1 is 1.27 bits per heavy atom. The molecule has 22 heavy (non-hydrogen) atoms. The van der Waals surface area contributed by atoms with Crippen molar-refractivity contribution in [3.63, 3.8) is 0 Å². The molecule has 1 aromatic heterocycles. The van der Waals surface area contributed by atoms with Gasteiger partial charge in [-0.05, 0) is 39.0 Å². The third-order valence-corrected chi connectivity index (χ3v) is 3.74. The van der Waals surface area contributed by atoms with E-state index < -0.39 is 0 Å². The molecular formula is C17H22N2O3. The Morgan fingerprint density at radius 2 is 2.00 bits per heavy atom. The number of ether oxygens (including phenoxy) is 1. The van der Waals surface area contributed by atoms with Crippen molar-refractivity contribution in [2.75, 3.05) is 19.7 Å². The largest absolute Gasteiger partial charge is 0.494 e. The minimum Gasteiger partial charge on any atom is -0.494 e. The lowest BCUT2D eigenvalue weighted by Crippen LogP contribution is -2.33. The lowest BCUT2D eigenvalue weighted by Gasteiger charge is -2.19. The zero-order valence-corrected chi connectivity index (χ0v) is 13.3. The van der Waals surface area contributed by atoms with Crippen molar-refractivity contribution in [2.45, 2.75) is 27.3 Å². The zero-order valence-electron chi connectivity index (χ0n) is 13.3. The van der Waals surface area contributed by atoms with Crippen molar-refractivity contribution in [3.8, 4) is 5.75 Å². The molecule has 0 saturated heterocycles. The SMILES string of the molecule is CCOc1ccc2c(c1)c(C=O)cn2CC(=O)N(CC)CC. The van der Waals surface area contributed by atoms with E-state index in [0.717, 1.165) is 22.9 Å². The van der Waals surface area contributed by atoms with Crippen molar-refractivity contribution < 1.29 is 14.3 Å². The van der Waals surface area contributed by atoms with Crippen molar-refractivity contribution in [1.82, 2.24) is 9.47 Å². The summed E-state index contributed by atoms with van der Waals surface area (Å²) in [6, 6.07) is 5.60. The summed E-state index contributed by atoms with van der Waals surface area (Å²) in [5, 5.41) is 0.813. The maximum Gasteiger partial charge on any atom is 0.242 e. The summed E-state index contributed by atoms with van der Waals surface area (Å²) >= 11 is 0. The second-order valence-electron chi connectivity index (χ2n) is 5.01. The highest BCUT2D eigenvalue weighted by Crippen LogP contribution is 2.25. The van der Waals surface area contributed by atoms with Crippen LogP contribution in [0.1, 0.15) is 31.1 Å². The topological polar surface area (TPSA) is 51.5 Å². The predicted octanol–water partition coefficient (Wildman–Crippen LogP) is 2.72. The number of hydrogen-bond acceptors (Lipinski definition) is 3. The van der Waals surface area contributed by atoms with Crippen LogP contribution in [0.4, 0.5) is 0 Å². The maximum absolute atomic E-state index is 12.3. The monoisotopic (exact) mass is 302 g/mol. The van der Waals surface area contributed by atoms with Gasteiger partial charge in [0.25, 0.3) is 0 Å². The van der Waals surface area contributed by atoms with Crippen molar-refractivity contribution in [3.05, 3.63) is 30.0 Å². The molecule has 0 fully saturated rings. The van der Waals surface area contributed by atoms with E-state index in [1.165, 1.54) is 0 Å². The van der Waals surface area contributed by atoms with Crippen molar-refractivity contribution >= 4 is 23.1 Å². The number of nitrogens with zero attached hydrogens (tertiary/aromatic N) is 2. The molecule has 118 valence electrons. The van der Waals surface area contributed by atoms with E-state index in [-0.39, 0.29) is 12.5 Å². The molecule has 0 aliphatic carbocycles. The molecule has 0 bridgehead atoms. The Bertz CT molecular complexity index is 672. The van der Waals surface area contributed by atoms with E-state index in [9.17, 15) is 9.59 Å². The van der Waals surface area contributed by atoms with Gasteiger partial charge >= 0.3 is 0 Å². The normalized spacial score (nSPS) is 10.7. The van der Waals surface area contributed by atoms with E-state index in [1.807, 2.05) is 43.5 Å². The molecule has 0 radical (unpaired) electrons. The van der Waals surface area contributed by atoms with Gasteiger partial charge in [0.15, 0.2) is 6.29 Å². The summed E-state index contributed by atoms with van der Waals surface area (Å²) in [7, 11) is 0. The molecule has 0 aliphatic heterocycles. The number of aldehydes is 1. The summed E-state index contributed by atoms with van der Waals surface area (Å²) in [5.41, 5.74) is 1.44. The Hall–Kier alpha value is -2.30. The van der Waals surface area contributed by atoms with Crippen LogP contribution in [0.3, 0.4) is 0 Å². The quantitative estimate of drug-likeness (QED) is 0.739. The summed E-state index contributed by atoms with van der Waals surface area (Å²) in [6.45, 7) is 8.01. The molecule has 0 unspecified atom stereocenters. The highest BCUT2D eigenvalue weighted by Gasteiger charge is 2.14. The number of benzene rings is 1. The number of carbonyl (C=O) groups excluding carboxylic acids is 2. The number of hydrogen-bond donors (Lipinski definition) is 0. The maximum atomic E-state index is 12.3. The lowest BCUT2D eigenvalue weighted by molar-refractivity contribution is -0.131. The van der Waals surface area contributed by atoms with E-state index in [2.05, 4.69) is 0 Å². The third kappa shape index (κ3) is 3.13. The van der Waals surface area contributed by atoms with Crippen LogP contribution in [-0.2, 0) is 11.3 Å². The Morgan fingerprint density at radius 3 is 2.59 bits per heavy atom. The van der Waals surface area contributed by atoms with Gasteiger partial charge in [-0.1, -0.05) is 0 Å². The van der Waals surface area contributed by atoms with Crippen LogP contribution in [0.2, 0.25) is 0 Å². The van der Waals surface area contributed by atoms with Gasteiger partial charge < -0.3 is 14.2 Å². The van der Waals surface area contributed by atoms with Crippen LogP contribution in [0, 0.1) is 0 Å². The van der Waals surface area contributed by atoms with Gasteiger partial charge in [-0.25, -0.2) is 0 Å². The molecule has 5 heteroatoms. The Labute approximate surface area is 130 Å². The average Bonchev–Trinajstić information content (AvgIpc) is 2.86. The van der Waals surface area contributed by atoms with Crippen LogP contribution in [0.15, 0.2) is 24.4 Å². The fraction of sp³-hybridized carbons (Fsp3) is 0.412. The first-order valence-corrected chi connectivity index (χ1v) is 7.63. The smallest absolute Gasteiger partial charge is 0.242 e. The number of aromatic nitrogens is 1. The number of carbonyl (C=O) groups is 2. The number of rotatable bonds is 7. The van der Waals surface area contributed by atoms with E-state index >= 15 is 0 Å². The number of fused-ring (bicyclic) bond motifs is 1. The molecule has 1 aromatic carbocycles. The van der Waals surface area contributed by atoms with Gasteiger partial charge in [-0.2, -0.15) is 0 Å². The fourth-order valence-electron chi connectivity index (χ4n) is 2.61. The summed E-state index contributed by atoms with van der Waals surface area (Å²) in [6.07, 6.45) is 2.55. The highest BCUT2D eigenvalue weighted by atomic mass is 16.5. The molecule has 2 aromatic rings. The van der Waals surface area contributed by atoms with Gasteiger partial charge in [-0.3, -0.25) is 9.59 Å². The first-order chi connectivity index (χ1) is 10.6. The highest BCUT2D eigenvalue weighted by molar-refractivity contribution is 5.98. The second kappa shape index (κ2) is 7.11. The van der Waals surface area contributed by atoms with Crippen LogP contribution >= 0.6 is 0 Å². The molecule has 5 nitrogen and oxygen atoms in total. The minimum absolute atomic E-state index is 0.0493. The summed E-state index contributed by atoms with van der Waals surface area (Å²) in [5.74, 6) is 0.777. The Kier molecular flexibility index (Phi) is 5.20. The molecule has 2 rings (SSSR count). The van der Waals surface area contributed by atoms with Gasteiger partial charge in [0, 0.05) is 35.8 Å². The van der Waals surface area contributed by atoms with Gasteiger partial charge in [-0.15, -0.1) is 0 Å². The van der Waals surface area contributed by atoms with Crippen LogP contribution in [-0.4, -0.2) is 41.4 Å². The average molecular weight is 302 g/mol. The molecular weight excluding hydrogens is 280 g/mol. The first kappa shape index (κ1) is 16.1. The molecule has 0 N–H and O–H groups in total. The minimum atomic E-state index is 0.0493. The zero-order chi connectivity index (χ0) is 16.1.